The first-order valence-corrected chi connectivity index (χ1v) is 5.37. The highest BCUT2D eigenvalue weighted by atomic mass is 19.1. The summed E-state index contributed by atoms with van der Waals surface area (Å²) in [5.74, 6) is -0.224. The number of hydrogen-bond donors (Lipinski definition) is 2. The summed E-state index contributed by atoms with van der Waals surface area (Å²) in [5, 5.41) is 10.6. The number of halogens is 1. The maximum atomic E-state index is 13.1. The van der Waals surface area contributed by atoms with Crippen LogP contribution in [0.15, 0.2) is 24.3 Å². The minimum atomic E-state index is -0.224. The lowest BCUT2D eigenvalue weighted by molar-refractivity contribution is 0.628. The Bertz CT molecular complexity index is 519. The van der Waals surface area contributed by atoms with Crippen molar-refractivity contribution in [1.29, 1.82) is 0 Å². The number of rotatable bonds is 1. The molecule has 2 N–H and O–H groups in total. The maximum Gasteiger partial charge on any atom is 0.123 e. The van der Waals surface area contributed by atoms with Crippen molar-refractivity contribution in [3.05, 3.63) is 41.3 Å². The third kappa shape index (κ3) is 1.51. The van der Waals surface area contributed by atoms with E-state index in [1.165, 1.54) is 12.1 Å². The Morgan fingerprint density at radius 1 is 1.31 bits per heavy atom. The first kappa shape index (κ1) is 9.54. The van der Waals surface area contributed by atoms with E-state index in [1.54, 1.807) is 6.07 Å². The normalized spacial score (nSPS) is 14.8. The van der Waals surface area contributed by atoms with Crippen LogP contribution in [0.2, 0.25) is 0 Å². The van der Waals surface area contributed by atoms with Gasteiger partial charge in [0.25, 0.3) is 0 Å². The molecule has 0 unspecified atom stereocenters. The predicted octanol–water partition coefficient (Wildman–Crippen LogP) is 1.86. The molecule has 0 bridgehead atoms. The second-order valence-corrected chi connectivity index (χ2v) is 3.97. The summed E-state index contributed by atoms with van der Waals surface area (Å²) in [6.45, 7) is 1.77. The first-order valence-electron chi connectivity index (χ1n) is 5.37. The van der Waals surface area contributed by atoms with Crippen LogP contribution in [0, 0.1) is 5.82 Å². The van der Waals surface area contributed by atoms with Gasteiger partial charge in [0.05, 0.1) is 5.69 Å². The van der Waals surface area contributed by atoms with Crippen molar-refractivity contribution >= 4 is 0 Å². The molecule has 0 saturated heterocycles. The number of nitrogens with zero attached hydrogens (tertiary/aromatic N) is 1. The van der Waals surface area contributed by atoms with Crippen molar-refractivity contribution in [2.24, 2.45) is 0 Å². The molecule has 0 spiro atoms. The van der Waals surface area contributed by atoms with Gasteiger partial charge in [-0.3, -0.25) is 5.10 Å². The standard InChI is InChI=1S/C12H12FN3/c13-9-3-1-2-8(6-9)12-10-7-14-5-4-11(10)15-16-12/h1-3,6,14H,4-5,7H2,(H,15,16). The van der Waals surface area contributed by atoms with E-state index in [2.05, 4.69) is 15.5 Å². The van der Waals surface area contributed by atoms with Gasteiger partial charge in [-0.15, -0.1) is 0 Å². The largest absolute Gasteiger partial charge is 0.312 e. The zero-order chi connectivity index (χ0) is 11.0. The molecule has 3 rings (SSSR count). The molecule has 2 aromatic rings. The molecule has 1 aliphatic heterocycles. The third-order valence-electron chi connectivity index (χ3n) is 2.90. The molecule has 1 aromatic carbocycles. The van der Waals surface area contributed by atoms with Crippen molar-refractivity contribution in [2.45, 2.75) is 13.0 Å². The number of aromatic amines is 1. The van der Waals surface area contributed by atoms with Gasteiger partial charge in [0, 0.05) is 36.3 Å². The number of hydrogen-bond acceptors (Lipinski definition) is 2. The SMILES string of the molecule is Fc1cccc(-c2n[nH]c3c2CNCC3)c1. The topological polar surface area (TPSA) is 40.7 Å². The Hall–Kier alpha value is -1.68. The van der Waals surface area contributed by atoms with Crippen molar-refractivity contribution in [3.63, 3.8) is 0 Å². The van der Waals surface area contributed by atoms with Crippen LogP contribution >= 0.6 is 0 Å². The molecule has 1 aromatic heterocycles. The Balaban J connectivity index is 2.09. The Labute approximate surface area is 92.7 Å². The molecular weight excluding hydrogens is 205 g/mol. The molecule has 0 saturated carbocycles. The molecule has 0 fully saturated rings. The van der Waals surface area contributed by atoms with E-state index in [-0.39, 0.29) is 5.82 Å². The van der Waals surface area contributed by atoms with Gasteiger partial charge in [0.15, 0.2) is 0 Å². The van der Waals surface area contributed by atoms with Crippen LogP contribution in [0.5, 0.6) is 0 Å². The average molecular weight is 217 g/mol. The highest BCUT2D eigenvalue weighted by Crippen LogP contribution is 2.25. The molecule has 82 valence electrons. The summed E-state index contributed by atoms with van der Waals surface area (Å²) in [6, 6.07) is 6.56. The summed E-state index contributed by atoms with van der Waals surface area (Å²) in [7, 11) is 0. The second-order valence-electron chi connectivity index (χ2n) is 3.97. The van der Waals surface area contributed by atoms with Gasteiger partial charge in [-0.05, 0) is 12.1 Å². The highest BCUT2D eigenvalue weighted by Gasteiger charge is 2.17. The van der Waals surface area contributed by atoms with E-state index in [0.29, 0.717) is 0 Å². The molecule has 0 radical (unpaired) electrons. The minimum absolute atomic E-state index is 0.224. The van der Waals surface area contributed by atoms with Crippen molar-refractivity contribution in [1.82, 2.24) is 15.5 Å². The van der Waals surface area contributed by atoms with E-state index in [9.17, 15) is 4.39 Å². The molecular formula is C12H12FN3. The molecule has 4 heteroatoms. The lowest BCUT2D eigenvalue weighted by Crippen LogP contribution is -2.23. The summed E-state index contributed by atoms with van der Waals surface area (Å²) in [4.78, 5) is 0. The van der Waals surface area contributed by atoms with Crippen LogP contribution in [0.1, 0.15) is 11.3 Å². The van der Waals surface area contributed by atoms with Crippen LogP contribution < -0.4 is 5.32 Å². The summed E-state index contributed by atoms with van der Waals surface area (Å²) in [5.41, 5.74) is 4.03. The number of fused-ring (bicyclic) bond motifs is 1. The monoisotopic (exact) mass is 217 g/mol. The molecule has 0 amide bonds. The van der Waals surface area contributed by atoms with Crippen LogP contribution in [0.4, 0.5) is 4.39 Å². The number of H-pyrrole nitrogens is 1. The fourth-order valence-corrected chi connectivity index (χ4v) is 2.10. The maximum absolute atomic E-state index is 13.1. The smallest absolute Gasteiger partial charge is 0.123 e. The van der Waals surface area contributed by atoms with Crippen LogP contribution in [-0.4, -0.2) is 16.7 Å². The minimum Gasteiger partial charge on any atom is -0.312 e. The Kier molecular flexibility index (Phi) is 2.22. The Morgan fingerprint density at radius 2 is 2.25 bits per heavy atom. The van der Waals surface area contributed by atoms with Crippen molar-refractivity contribution in [2.75, 3.05) is 6.54 Å². The number of benzene rings is 1. The number of aromatic nitrogens is 2. The lowest BCUT2D eigenvalue weighted by Gasteiger charge is -2.12. The summed E-state index contributed by atoms with van der Waals surface area (Å²) in [6.07, 6.45) is 0.956. The Morgan fingerprint density at radius 3 is 3.12 bits per heavy atom. The van der Waals surface area contributed by atoms with Gasteiger partial charge in [-0.2, -0.15) is 5.10 Å². The van der Waals surface area contributed by atoms with Gasteiger partial charge in [-0.1, -0.05) is 12.1 Å². The van der Waals surface area contributed by atoms with E-state index in [4.69, 9.17) is 0 Å². The van der Waals surface area contributed by atoms with Crippen molar-refractivity contribution < 1.29 is 4.39 Å². The first-order chi connectivity index (χ1) is 7.84. The van der Waals surface area contributed by atoms with Gasteiger partial charge in [0.2, 0.25) is 0 Å². The summed E-state index contributed by atoms with van der Waals surface area (Å²) >= 11 is 0. The average Bonchev–Trinajstić information content (AvgIpc) is 2.72. The molecule has 16 heavy (non-hydrogen) atoms. The van der Waals surface area contributed by atoms with Crippen LogP contribution in [0.25, 0.3) is 11.3 Å². The zero-order valence-electron chi connectivity index (χ0n) is 8.76. The molecule has 3 nitrogen and oxygen atoms in total. The van der Waals surface area contributed by atoms with E-state index >= 15 is 0 Å². The van der Waals surface area contributed by atoms with E-state index < -0.39 is 0 Å². The lowest BCUT2D eigenvalue weighted by atomic mass is 10.0. The van der Waals surface area contributed by atoms with E-state index in [0.717, 1.165) is 42.0 Å². The third-order valence-corrected chi connectivity index (χ3v) is 2.90. The molecule has 1 aliphatic rings. The highest BCUT2D eigenvalue weighted by molar-refractivity contribution is 5.64. The number of nitrogens with one attached hydrogen (secondary N) is 2. The van der Waals surface area contributed by atoms with Gasteiger partial charge >= 0.3 is 0 Å². The second kappa shape index (κ2) is 3.72. The predicted molar refractivity (Wildman–Crippen MR) is 59.4 cm³/mol. The summed E-state index contributed by atoms with van der Waals surface area (Å²) < 4.78 is 13.1. The molecule has 0 aliphatic carbocycles. The van der Waals surface area contributed by atoms with Gasteiger partial charge < -0.3 is 5.32 Å². The fourth-order valence-electron chi connectivity index (χ4n) is 2.10. The van der Waals surface area contributed by atoms with Crippen LogP contribution in [-0.2, 0) is 13.0 Å². The zero-order valence-corrected chi connectivity index (χ0v) is 8.76. The quantitative estimate of drug-likeness (QED) is 0.765. The molecule has 2 heterocycles. The molecule has 0 atom stereocenters. The van der Waals surface area contributed by atoms with Crippen molar-refractivity contribution in [3.8, 4) is 11.3 Å². The van der Waals surface area contributed by atoms with Gasteiger partial charge in [0.1, 0.15) is 5.82 Å². The van der Waals surface area contributed by atoms with Gasteiger partial charge in [-0.25, -0.2) is 4.39 Å². The fraction of sp³-hybridized carbons (Fsp3) is 0.250. The van der Waals surface area contributed by atoms with Crippen LogP contribution in [0.3, 0.4) is 0 Å². The van der Waals surface area contributed by atoms with E-state index in [1.807, 2.05) is 6.07 Å².